The van der Waals surface area contributed by atoms with Gasteiger partial charge in [-0.1, -0.05) is 173 Å². The Bertz CT molecular complexity index is 1610. The fourth-order valence-electron chi connectivity index (χ4n) is 6.55. The average molecular weight is 940 g/mol. The van der Waals surface area contributed by atoms with Gasteiger partial charge in [0, 0.05) is 19.3 Å². The Hall–Kier alpha value is -4.79. The molecule has 0 bridgehead atoms. The number of unbranched alkanes of at least 4 members (excludes halogenated alkanes) is 6. The largest absolute Gasteiger partial charge is 0.544 e. The Balaban J connectivity index is 4.43. The van der Waals surface area contributed by atoms with Gasteiger partial charge in [-0.15, -0.1) is 0 Å². The molecule has 0 radical (unpaired) electrons. The molecule has 0 fully saturated rings. The molecule has 0 aliphatic rings. The molecule has 380 valence electrons. The molecule has 0 aliphatic heterocycles. The Morgan fingerprint density at radius 1 is 0.441 bits per heavy atom. The molecule has 2 unspecified atom stereocenters. The van der Waals surface area contributed by atoms with Crippen LogP contribution in [0.25, 0.3) is 0 Å². The molecule has 68 heavy (non-hydrogen) atoms. The Morgan fingerprint density at radius 2 is 0.779 bits per heavy atom. The van der Waals surface area contributed by atoms with Gasteiger partial charge in [0.1, 0.15) is 12.6 Å². The number of carbonyl (C=O) groups excluding carboxylic acids is 3. The maximum atomic E-state index is 12.8. The lowest BCUT2D eigenvalue weighted by Gasteiger charge is -2.34. The van der Waals surface area contributed by atoms with E-state index >= 15 is 0 Å². The van der Waals surface area contributed by atoms with Crippen molar-refractivity contribution in [1.82, 2.24) is 0 Å². The lowest BCUT2D eigenvalue weighted by molar-refractivity contribution is -0.889. The number of hydrogen-bond donors (Lipinski definition) is 0. The third-order valence-electron chi connectivity index (χ3n) is 10.5. The zero-order chi connectivity index (χ0) is 49.9. The average Bonchev–Trinajstić information content (AvgIpc) is 3.30. The van der Waals surface area contributed by atoms with Crippen LogP contribution < -0.4 is 5.11 Å². The number of quaternary nitrogens is 1. The SMILES string of the molecule is CC/C=C/C/C=C/C/C=C/C/C=C/C/C=C/C/C=C/CCCCCC(=O)OCC(COCCC(C(=O)[O-])[N+](C)(C)C)OC(=O)CCCCC/C=C/C/C=C/C/C=C/C/C=C/C/C=C/C/C=C/CC. The fraction of sp³-hybridized carbons (Fsp3) is 0.550. The van der Waals surface area contributed by atoms with Gasteiger partial charge in [-0.3, -0.25) is 9.59 Å². The summed E-state index contributed by atoms with van der Waals surface area (Å²) >= 11 is 0. The highest BCUT2D eigenvalue weighted by Gasteiger charge is 2.25. The number of allylic oxidation sites excluding steroid dienone is 24. The smallest absolute Gasteiger partial charge is 0.306 e. The van der Waals surface area contributed by atoms with Crippen LogP contribution >= 0.6 is 0 Å². The predicted molar refractivity (Wildman–Crippen MR) is 286 cm³/mol. The summed E-state index contributed by atoms with van der Waals surface area (Å²) in [7, 11) is 5.37. The van der Waals surface area contributed by atoms with Crippen molar-refractivity contribution in [3.8, 4) is 0 Å². The third kappa shape index (κ3) is 46.3. The maximum Gasteiger partial charge on any atom is 0.306 e. The van der Waals surface area contributed by atoms with Gasteiger partial charge in [-0.25, -0.2) is 0 Å². The van der Waals surface area contributed by atoms with Gasteiger partial charge in [-0.2, -0.15) is 0 Å². The summed E-state index contributed by atoms with van der Waals surface area (Å²) < 4.78 is 17.2. The summed E-state index contributed by atoms with van der Waals surface area (Å²) in [6.07, 6.45) is 71.6. The van der Waals surface area contributed by atoms with Gasteiger partial charge in [0.15, 0.2) is 6.10 Å². The van der Waals surface area contributed by atoms with E-state index in [0.717, 1.165) is 122 Å². The molecule has 0 spiro atoms. The van der Waals surface area contributed by atoms with Crippen molar-refractivity contribution in [3.63, 3.8) is 0 Å². The van der Waals surface area contributed by atoms with Gasteiger partial charge < -0.3 is 28.6 Å². The lowest BCUT2D eigenvalue weighted by atomic mass is 10.1. The molecule has 8 nitrogen and oxygen atoms in total. The first-order chi connectivity index (χ1) is 33.1. The van der Waals surface area contributed by atoms with Crippen molar-refractivity contribution < 1.29 is 38.2 Å². The predicted octanol–water partition coefficient (Wildman–Crippen LogP) is 14.0. The van der Waals surface area contributed by atoms with E-state index in [4.69, 9.17) is 14.2 Å². The number of carbonyl (C=O) groups is 3. The highest BCUT2D eigenvalue weighted by Crippen LogP contribution is 2.11. The van der Waals surface area contributed by atoms with Crippen LogP contribution in [0.5, 0.6) is 0 Å². The van der Waals surface area contributed by atoms with Gasteiger partial charge in [0.05, 0.1) is 40.3 Å². The molecular weight excluding hydrogens is 847 g/mol. The third-order valence-corrected chi connectivity index (χ3v) is 10.5. The molecule has 0 N–H and O–H groups in total. The van der Waals surface area contributed by atoms with Crippen molar-refractivity contribution in [2.24, 2.45) is 0 Å². The molecule has 0 aliphatic carbocycles. The Kier molecular flexibility index (Phi) is 45.2. The zero-order valence-electron chi connectivity index (χ0n) is 43.2. The van der Waals surface area contributed by atoms with Gasteiger partial charge in [0.2, 0.25) is 0 Å². The van der Waals surface area contributed by atoms with Gasteiger partial charge >= 0.3 is 11.9 Å². The second-order valence-electron chi connectivity index (χ2n) is 17.6. The number of carboxylic acids is 1. The number of aliphatic carboxylic acids is 1. The quantitative estimate of drug-likeness (QED) is 0.0259. The first kappa shape index (κ1) is 63.2. The van der Waals surface area contributed by atoms with E-state index in [-0.39, 0.29) is 49.1 Å². The minimum atomic E-state index is -1.14. The van der Waals surface area contributed by atoms with Crippen molar-refractivity contribution in [2.45, 2.75) is 174 Å². The van der Waals surface area contributed by atoms with Crippen LogP contribution in [0.15, 0.2) is 146 Å². The molecule has 8 heteroatoms. The standard InChI is InChI=1S/C60H93NO7/c1-6-8-10-12-14-16-18-20-22-24-26-28-30-32-34-36-38-40-42-44-46-48-50-58(62)67-55-56(54-66-53-52-57(60(64)65)61(3,4)5)68-59(63)51-49-47-45-43-41-39-37-35-33-31-29-27-25-23-21-19-17-15-13-11-9-7-2/h8-11,14-17,20-23,26-29,32-35,38-41,56-57H,6-7,12-13,18-19,24-25,30-31,36-37,42-55H2,1-5H3/b10-8+,11-9+,16-14+,17-15+,22-20+,23-21+,28-26+,29-27+,34-32+,35-33+,40-38+,41-39+. The van der Waals surface area contributed by atoms with Crippen molar-refractivity contribution in [2.75, 3.05) is 41.0 Å². The molecule has 2 atom stereocenters. The Labute approximate surface area is 415 Å². The van der Waals surface area contributed by atoms with E-state index in [1.54, 1.807) is 21.1 Å². The van der Waals surface area contributed by atoms with Crippen LogP contribution in [0.1, 0.15) is 162 Å². The topological polar surface area (TPSA) is 102 Å². The first-order valence-electron chi connectivity index (χ1n) is 25.9. The van der Waals surface area contributed by atoms with Gasteiger partial charge in [-0.05, 0) is 116 Å². The maximum absolute atomic E-state index is 12.8. The van der Waals surface area contributed by atoms with Crippen LogP contribution in [-0.2, 0) is 28.6 Å². The van der Waals surface area contributed by atoms with Crippen LogP contribution in [0.2, 0.25) is 0 Å². The number of likely N-dealkylation sites (N-methyl/N-ethyl adjacent to an activating group) is 1. The van der Waals surface area contributed by atoms with E-state index < -0.39 is 18.1 Å². The molecule has 0 amide bonds. The van der Waals surface area contributed by atoms with Crippen LogP contribution in [0.4, 0.5) is 0 Å². The molecular formula is C60H93NO7. The fourth-order valence-corrected chi connectivity index (χ4v) is 6.55. The van der Waals surface area contributed by atoms with E-state index in [0.29, 0.717) is 12.8 Å². The van der Waals surface area contributed by atoms with E-state index in [1.165, 1.54) is 0 Å². The number of rotatable bonds is 44. The lowest BCUT2D eigenvalue weighted by Crippen LogP contribution is -2.55. The first-order valence-corrected chi connectivity index (χ1v) is 25.9. The zero-order valence-corrected chi connectivity index (χ0v) is 43.2. The normalized spacial score (nSPS) is 14.1. The molecule has 0 aromatic heterocycles. The van der Waals surface area contributed by atoms with Crippen LogP contribution in [0, 0.1) is 0 Å². The number of nitrogens with zero attached hydrogens (tertiary/aromatic N) is 1. The highest BCUT2D eigenvalue weighted by atomic mass is 16.6. The van der Waals surface area contributed by atoms with Gasteiger partial charge in [0.25, 0.3) is 0 Å². The second kappa shape index (κ2) is 48.7. The number of carboxylic acid groups (broad SMARTS) is 1. The summed E-state index contributed by atoms with van der Waals surface area (Å²) in [5, 5.41) is 11.7. The molecule has 0 saturated heterocycles. The summed E-state index contributed by atoms with van der Waals surface area (Å²) in [6, 6.07) is -0.749. The molecule has 0 aromatic rings. The van der Waals surface area contributed by atoms with Crippen molar-refractivity contribution >= 4 is 17.9 Å². The van der Waals surface area contributed by atoms with Crippen LogP contribution in [-0.4, -0.2) is 75.5 Å². The number of ether oxygens (including phenoxy) is 3. The summed E-state index contributed by atoms with van der Waals surface area (Å²) in [5.74, 6) is -1.84. The molecule has 0 aromatic carbocycles. The number of hydrogen-bond acceptors (Lipinski definition) is 7. The van der Waals surface area contributed by atoms with Crippen molar-refractivity contribution in [1.29, 1.82) is 0 Å². The molecule has 0 saturated carbocycles. The Morgan fingerprint density at radius 3 is 1.12 bits per heavy atom. The van der Waals surface area contributed by atoms with Crippen LogP contribution in [0.3, 0.4) is 0 Å². The monoisotopic (exact) mass is 940 g/mol. The summed E-state index contributed by atoms with van der Waals surface area (Å²) in [6.45, 7) is 4.34. The van der Waals surface area contributed by atoms with Crippen molar-refractivity contribution in [3.05, 3.63) is 146 Å². The summed E-state index contributed by atoms with van der Waals surface area (Å²) in [4.78, 5) is 37.1. The minimum Gasteiger partial charge on any atom is -0.544 e. The second-order valence-corrected chi connectivity index (χ2v) is 17.6. The van der Waals surface area contributed by atoms with E-state index in [9.17, 15) is 19.5 Å². The summed E-state index contributed by atoms with van der Waals surface area (Å²) in [5.41, 5.74) is 0. The molecule has 0 rings (SSSR count). The minimum absolute atomic E-state index is 0.00453. The van der Waals surface area contributed by atoms with E-state index in [1.807, 2.05) is 0 Å². The highest BCUT2D eigenvalue weighted by molar-refractivity contribution is 5.70. The number of esters is 2. The molecule has 0 heterocycles. The van der Waals surface area contributed by atoms with E-state index in [2.05, 4.69) is 160 Å².